The Bertz CT molecular complexity index is 904. The van der Waals surface area contributed by atoms with Gasteiger partial charge in [0.25, 0.3) is 11.4 Å². The van der Waals surface area contributed by atoms with Gasteiger partial charge in [0, 0.05) is 23.5 Å². The van der Waals surface area contributed by atoms with Crippen LogP contribution in [-0.2, 0) is 9.59 Å². The molecule has 2 aromatic rings. The van der Waals surface area contributed by atoms with E-state index in [0.29, 0.717) is 0 Å². The van der Waals surface area contributed by atoms with E-state index in [9.17, 15) is 29.8 Å². The molecule has 0 spiro atoms. The lowest BCUT2D eigenvalue weighted by Crippen LogP contribution is -2.31. The number of hydrogen-bond donors (Lipinski definition) is 2. The van der Waals surface area contributed by atoms with Gasteiger partial charge in [0.1, 0.15) is 16.0 Å². The van der Waals surface area contributed by atoms with Crippen molar-refractivity contribution in [2.75, 3.05) is 10.6 Å². The number of carbonyl (C=O) groups is 2. The number of halogens is 2. The van der Waals surface area contributed by atoms with E-state index in [4.69, 9.17) is 23.2 Å². The molecule has 2 rings (SSSR count). The van der Waals surface area contributed by atoms with Crippen molar-refractivity contribution in [1.29, 1.82) is 0 Å². The minimum Gasteiger partial charge on any atom is -0.325 e. The topological polar surface area (TPSA) is 144 Å². The fourth-order valence-electron chi connectivity index (χ4n) is 2.08. The summed E-state index contributed by atoms with van der Waals surface area (Å²) in [4.78, 5) is 44.8. The summed E-state index contributed by atoms with van der Waals surface area (Å²) in [7, 11) is 0. The summed E-state index contributed by atoms with van der Waals surface area (Å²) in [5.74, 6) is -2.68. The van der Waals surface area contributed by atoms with Gasteiger partial charge in [-0.15, -0.1) is 0 Å². The first-order chi connectivity index (χ1) is 13.1. The molecule has 0 fully saturated rings. The predicted molar refractivity (Wildman–Crippen MR) is 103 cm³/mol. The number of carbonyl (C=O) groups excluding carboxylic acids is 2. The Morgan fingerprint density at radius 1 is 0.857 bits per heavy atom. The first-order valence-corrected chi connectivity index (χ1v) is 8.35. The Balaban J connectivity index is 2.10. The standard InChI is InChI=1S/C16H12Cl2N4O6/c1-8(15(23)19-9-2-4-11(17)13(6-9)21(25)26)16(24)20-10-3-5-12(18)14(7-10)22(27)28/h2-8H,1H3,(H,19,23)(H,20,24). The molecule has 0 unspecified atom stereocenters. The van der Waals surface area contributed by atoms with E-state index >= 15 is 0 Å². The Hall–Kier alpha value is -3.24. The molecular weight excluding hydrogens is 415 g/mol. The fraction of sp³-hybridized carbons (Fsp3) is 0.125. The lowest BCUT2D eigenvalue weighted by Gasteiger charge is -2.13. The summed E-state index contributed by atoms with van der Waals surface area (Å²) in [6.45, 7) is 1.30. The maximum Gasteiger partial charge on any atom is 0.289 e. The SMILES string of the molecule is CC(C(=O)Nc1ccc(Cl)c([N+](=O)[O-])c1)C(=O)Nc1ccc(Cl)c([N+](=O)[O-])c1. The van der Waals surface area contributed by atoms with E-state index in [1.54, 1.807) is 0 Å². The molecule has 2 aromatic carbocycles. The molecule has 2 amide bonds. The van der Waals surface area contributed by atoms with Crippen molar-refractivity contribution in [2.24, 2.45) is 5.92 Å². The first-order valence-electron chi connectivity index (χ1n) is 7.59. The number of benzene rings is 2. The summed E-state index contributed by atoms with van der Waals surface area (Å²) in [5, 5.41) is 26.3. The van der Waals surface area contributed by atoms with Crippen LogP contribution < -0.4 is 10.6 Å². The smallest absolute Gasteiger partial charge is 0.289 e. The molecule has 0 bridgehead atoms. The molecule has 0 aromatic heterocycles. The van der Waals surface area contributed by atoms with E-state index in [-0.39, 0.29) is 21.4 Å². The Morgan fingerprint density at radius 3 is 1.54 bits per heavy atom. The van der Waals surface area contributed by atoms with Gasteiger partial charge in [-0.25, -0.2) is 0 Å². The minimum atomic E-state index is -1.20. The van der Waals surface area contributed by atoms with Crippen molar-refractivity contribution in [3.63, 3.8) is 0 Å². The van der Waals surface area contributed by atoms with E-state index < -0.39 is 39.0 Å². The summed E-state index contributed by atoms with van der Waals surface area (Å²) < 4.78 is 0. The van der Waals surface area contributed by atoms with Crippen LogP contribution in [0.15, 0.2) is 36.4 Å². The van der Waals surface area contributed by atoms with Crippen LogP contribution in [-0.4, -0.2) is 21.7 Å². The largest absolute Gasteiger partial charge is 0.325 e. The van der Waals surface area contributed by atoms with E-state index in [0.717, 1.165) is 12.1 Å². The van der Waals surface area contributed by atoms with Crippen LogP contribution in [0.25, 0.3) is 0 Å². The van der Waals surface area contributed by atoms with Crippen molar-refractivity contribution in [3.05, 3.63) is 66.7 Å². The van der Waals surface area contributed by atoms with Crippen LogP contribution in [0, 0.1) is 26.1 Å². The summed E-state index contributed by atoms with van der Waals surface area (Å²) in [6, 6.07) is 7.31. The first kappa shape index (κ1) is 21.1. The zero-order valence-corrected chi connectivity index (χ0v) is 15.7. The van der Waals surface area contributed by atoms with E-state index in [1.165, 1.54) is 31.2 Å². The maximum atomic E-state index is 12.2. The molecule has 0 aliphatic rings. The van der Waals surface area contributed by atoms with Gasteiger partial charge in [-0.1, -0.05) is 23.2 Å². The highest BCUT2D eigenvalue weighted by molar-refractivity contribution is 6.33. The number of hydrogen-bond acceptors (Lipinski definition) is 6. The van der Waals surface area contributed by atoms with Crippen LogP contribution >= 0.6 is 23.2 Å². The third kappa shape index (κ3) is 4.93. The van der Waals surface area contributed by atoms with Gasteiger partial charge in [0.05, 0.1) is 9.85 Å². The Kier molecular flexibility index (Phi) is 6.49. The zero-order chi connectivity index (χ0) is 21.0. The quantitative estimate of drug-likeness (QED) is 0.405. The predicted octanol–water partition coefficient (Wildman–Crippen LogP) is 4.02. The average Bonchev–Trinajstić information content (AvgIpc) is 2.63. The molecule has 146 valence electrons. The Morgan fingerprint density at radius 2 is 1.21 bits per heavy atom. The zero-order valence-electron chi connectivity index (χ0n) is 14.1. The molecule has 12 heteroatoms. The van der Waals surface area contributed by atoms with Crippen molar-refractivity contribution >= 4 is 57.8 Å². The summed E-state index contributed by atoms with van der Waals surface area (Å²) in [6.07, 6.45) is 0. The molecule has 28 heavy (non-hydrogen) atoms. The van der Waals surface area contributed by atoms with Crippen LogP contribution in [0.2, 0.25) is 10.0 Å². The number of nitrogens with one attached hydrogen (secondary N) is 2. The van der Waals surface area contributed by atoms with Crippen LogP contribution in [0.3, 0.4) is 0 Å². The minimum absolute atomic E-state index is 0.0860. The van der Waals surface area contributed by atoms with E-state index in [1.807, 2.05) is 0 Å². The van der Waals surface area contributed by atoms with Gasteiger partial charge in [0.15, 0.2) is 0 Å². The summed E-state index contributed by atoms with van der Waals surface area (Å²) in [5.41, 5.74) is -0.624. The average molecular weight is 427 g/mol. The fourth-order valence-corrected chi connectivity index (χ4v) is 2.45. The molecule has 0 aliphatic carbocycles. The van der Waals surface area contributed by atoms with Crippen molar-refractivity contribution in [2.45, 2.75) is 6.92 Å². The molecule has 0 heterocycles. The van der Waals surface area contributed by atoms with Gasteiger partial charge in [0.2, 0.25) is 11.8 Å². The van der Waals surface area contributed by atoms with Crippen LogP contribution in [0.1, 0.15) is 6.92 Å². The van der Waals surface area contributed by atoms with Crippen molar-refractivity contribution in [1.82, 2.24) is 0 Å². The van der Waals surface area contributed by atoms with Crippen molar-refractivity contribution in [3.8, 4) is 0 Å². The van der Waals surface area contributed by atoms with Gasteiger partial charge in [-0.05, 0) is 31.2 Å². The number of amides is 2. The molecule has 0 saturated carbocycles. The monoisotopic (exact) mass is 426 g/mol. The maximum absolute atomic E-state index is 12.2. The number of nitro benzene ring substituents is 2. The number of rotatable bonds is 6. The Labute approximate surface area is 167 Å². The number of nitro groups is 2. The third-order valence-corrected chi connectivity index (χ3v) is 4.25. The number of anilines is 2. The lowest BCUT2D eigenvalue weighted by atomic mass is 10.1. The highest BCUT2D eigenvalue weighted by atomic mass is 35.5. The molecular formula is C16H12Cl2N4O6. The van der Waals surface area contributed by atoms with Gasteiger partial charge in [-0.2, -0.15) is 0 Å². The highest BCUT2D eigenvalue weighted by Gasteiger charge is 2.24. The second-order valence-corrected chi connectivity index (χ2v) is 6.36. The number of nitrogens with zero attached hydrogens (tertiary/aromatic N) is 2. The van der Waals surface area contributed by atoms with Gasteiger partial charge in [-0.3, -0.25) is 29.8 Å². The molecule has 0 atom stereocenters. The molecule has 0 radical (unpaired) electrons. The normalized spacial score (nSPS) is 10.4. The lowest BCUT2D eigenvalue weighted by molar-refractivity contribution is -0.384. The molecule has 10 nitrogen and oxygen atoms in total. The second kappa shape index (κ2) is 8.63. The van der Waals surface area contributed by atoms with Gasteiger partial charge < -0.3 is 10.6 Å². The molecule has 0 saturated heterocycles. The molecule has 2 N–H and O–H groups in total. The van der Waals surface area contributed by atoms with Crippen molar-refractivity contribution < 1.29 is 19.4 Å². The van der Waals surface area contributed by atoms with Crippen LogP contribution in [0.5, 0.6) is 0 Å². The second-order valence-electron chi connectivity index (χ2n) is 5.55. The van der Waals surface area contributed by atoms with Crippen LogP contribution in [0.4, 0.5) is 22.7 Å². The van der Waals surface area contributed by atoms with Gasteiger partial charge >= 0.3 is 0 Å². The highest BCUT2D eigenvalue weighted by Crippen LogP contribution is 2.29. The van der Waals surface area contributed by atoms with E-state index in [2.05, 4.69) is 10.6 Å². The third-order valence-electron chi connectivity index (χ3n) is 3.61. The summed E-state index contributed by atoms with van der Waals surface area (Å²) >= 11 is 11.4. The molecule has 0 aliphatic heterocycles.